The van der Waals surface area contributed by atoms with Crippen LogP contribution in [0.2, 0.25) is 0 Å². The molecular weight excluding hydrogens is 409 g/mol. The second-order valence-electron chi connectivity index (χ2n) is 6.96. The number of imidazole rings is 1. The van der Waals surface area contributed by atoms with Crippen molar-refractivity contribution in [1.82, 2.24) is 9.55 Å². The first-order chi connectivity index (χ1) is 14.7. The number of fused-ring (bicyclic) bond motifs is 1. The van der Waals surface area contributed by atoms with Gasteiger partial charge in [0.2, 0.25) is 5.95 Å². The summed E-state index contributed by atoms with van der Waals surface area (Å²) in [6, 6.07) is 12.4. The molecule has 1 unspecified atom stereocenters. The van der Waals surface area contributed by atoms with Crippen LogP contribution < -0.4 is 4.90 Å². The van der Waals surface area contributed by atoms with Gasteiger partial charge in [-0.1, -0.05) is 18.2 Å². The van der Waals surface area contributed by atoms with E-state index in [0.717, 1.165) is 12.1 Å². The molecule has 1 atom stereocenters. The van der Waals surface area contributed by atoms with E-state index in [2.05, 4.69) is 4.98 Å². The number of benzene rings is 2. The second-order valence-corrected chi connectivity index (χ2v) is 6.96. The minimum absolute atomic E-state index is 0.00683. The molecule has 0 fully saturated rings. The minimum Gasteiger partial charge on any atom is -0.478 e. The Balaban J connectivity index is 1.92. The van der Waals surface area contributed by atoms with Crippen molar-refractivity contribution in [3.8, 4) is 6.07 Å². The van der Waals surface area contributed by atoms with Gasteiger partial charge in [-0.2, -0.15) is 18.4 Å². The Kier molecular flexibility index (Phi) is 4.78. The maximum Gasteiger partial charge on any atom is 0.416 e. The smallest absolute Gasteiger partial charge is 0.416 e. The van der Waals surface area contributed by atoms with Crippen LogP contribution in [0.15, 0.2) is 72.2 Å². The number of aromatic nitrogens is 2. The summed E-state index contributed by atoms with van der Waals surface area (Å²) in [5.74, 6) is -0.917. The molecule has 1 aliphatic heterocycles. The van der Waals surface area contributed by atoms with Crippen LogP contribution >= 0.6 is 0 Å². The zero-order chi connectivity index (χ0) is 22.3. The van der Waals surface area contributed by atoms with Gasteiger partial charge in [0, 0.05) is 23.8 Å². The van der Waals surface area contributed by atoms with Crippen molar-refractivity contribution in [2.75, 3.05) is 4.90 Å². The number of carboxylic acids is 1. The van der Waals surface area contributed by atoms with E-state index in [-0.39, 0.29) is 22.9 Å². The molecule has 3 aromatic rings. The number of hydrogen-bond acceptors (Lipinski definition) is 4. The molecule has 0 spiro atoms. The molecule has 0 bridgehead atoms. The lowest BCUT2D eigenvalue weighted by molar-refractivity contribution is -0.137. The van der Waals surface area contributed by atoms with Crippen molar-refractivity contribution in [2.45, 2.75) is 19.1 Å². The van der Waals surface area contributed by atoms with Crippen LogP contribution in [0.4, 0.5) is 24.8 Å². The first-order valence-corrected chi connectivity index (χ1v) is 9.16. The SMILES string of the molecule is CC1=C(C(=O)O)C(c2ccc(C#N)cc2)n2ccnc2N1c1cccc(C(F)(F)F)c1. The van der Waals surface area contributed by atoms with Crippen LogP contribution in [0.25, 0.3) is 0 Å². The molecule has 9 heteroatoms. The number of aliphatic carboxylic acids is 1. The van der Waals surface area contributed by atoms with Crippen LogP contribution in [-0.4, -0.2) is 20.6 Å². The molecule has 0 saturated heterocycles. The monoisotopic (exact) mass is 424 g/mol. The third-order valence-corrected chi connectivity index (χ3v) is 5.14. The Bertz CT molecular complexity index is 1240. The molecular formula is C22H15F3N4O2. The van der Waals surface area contributed by atoms with Crippen molar-refractivity contribution in [3.63, 3.8) is 0 Å². The van der Waals surface area contributed by atoms with E-state index in [1.165, 1.54) is 23.2 Å². The molecule has 1 aromatic heterocycles. The lowest BCUT2D eigenvalue weighted by Gasteiger charge is -2.36. The van der Waals surface area contributed by atoms with Gasteiger partial charge >= 0.3 is 12.1 Å². The number of halogens is 3. The highest BCUT2D eigenvalue weighted by atomic mass is 19.4. The Labute approximate surface area is 175 Å². The van der Waals surface area contributed by atoms with Gasteiger partial charge in [0.15, 0.2) is 0 Å². The minimum atomic E-state index is -4.54. The van der Waals surface area contributed by atoms with Gasteiger partial charge in [0.1, 0.15) is 0 Å². The zero-order valence-corrected chi connectivity index (χ0v) is 16.1. The third kappa shape index (κ3) is 3.42. The van der Waals surface area contributed by atoms with E-state index < -0.39 is 23.8 Å². The largest absolute Gasteiger partial charge is 0.478 e. The van der Waals surface area contributed by atoms with Gasteiger partial charge in [-0.3, -0.25) is 4.90 Å². The van der Waals surface area contributed by atoms with Crippen LogP contribution in [0, 0.1) is 11.3 Å². The summed E-state index contributed by atoms with van der Waals surface area (Å²) in [6.45, 7) is 1.54. The molecule has 1 aliphatic rings. The molecule has 1 N–H and O–H groups in total. The number of carbonyl (C=O) groups is 1. The fourth-order valence-corrected chi connectivity index (χ4v) is 3.76. The fraction of sp³-hybridized carbons (Fsp3) is 0.136. The predicted octanol–water partition coefficient (Wildman–Crippen LogP) is 4.87. The molecule has 0 saturated carbocycles. The van der Waals surface area contributed by atoms with Gasteiger partial charge in [0.05, 0.1) is 28.8 Å². The topological polar surface area (TPSA) is 82.1 Å². The standard InChI is InChI=1S/C22H15F3N4O2/c1-13-18(20(30)31)19(15-7-5-14(12-26)6-8-15)28-10-9-27-21(28)29(13)17-4-2-3-16(11-17)22(23,24)25/h2-11,19H,1H3,(H,30,31). The van der Waals surface area contributed by atoms with Crippen LogP contribution in [-0.2, 0) is 11.0 Å². The van der Waals surface area contributed by atoms with E-state index >= 15 is 0 Å². The van der Waals surface area contributed by atoms with E-state index in [1.54, 1.807) is 42.0 Å². The number of rotatable bonds is 3. The summed E-state index contributed by atoms with van der Waals surface area (Å²) in [7, 11) is 0. The molecule has 4 rings (SSSR count). The van der Waals surface area contributed by atoms with E-state index in [4.69, 9.17) is 5.26 Å². The number of allylic oxidation sites excluding steroid dienone is 1. The number of carboxylic acid groups (broad SMARTS) is 1. The molecule has 2 aromatic carbocycles. The number of nitriles is 1. The quantitative estimate of drug-likeness (QED) is 0.649. The van der Waals surface area contributed by atoms with Crippen molar-refractivity contribution in [2.24, 2.45) is 0 Å². The summed E-state index contributed by atoms with van der Waals surface area (Å²) in [4.78, 5) is 17.9. The third-order valence-electron chi connectivity index (χ3n) is 5.14. The predicted molar refractivity (Wildman–Crippen MR) is 105 cm³/mol. The zero-order valence-electron chi connectivity index (χ0n) is 16.1. The summed E-state index contributed by atoms with van der Waals surface area (Å²) in [5.41, 5.74) is 0.582. The molecule has 0 radical (unpaired) electrons. The summed E-state index contributed by atoms with van der Waals surface area (Å²) >= 11 is 0. The van der Waals surface area contributed by atoms with Gasteiger partial charge in [0.25, 0.3) is 0 Å². The Morgan fingerprint density at radius 1 is 1.19 bits per heavy atom. The molecule has 0 amide bonds. The van der Waals surface area contributed by atoms with Crippen LogP contribution in [0.3, 0.4) is 0 Å². The average Bonchev–Trinajstić information content (AvgIpc) is 3.21. The highest BCUT2D eigenvalue weighted by Gasteiger charge is 2.37. The molecule has 2 heterocycles. The van der Waals surface area contributed by atoms with E-state index in [9.17, 15) is 23.1 Å². The molecule has 156 valence electrons. The Hall–Kier alpha value is -4.06. The lowest BCUT2D eigenvalue weighted by atomic mass is 9.94. The van der Waals surface area contributed by atoms with Crippen molar-refractivity contribution < 1.29 is 23.1 Å². The maximum absolute atomic E-state index is 13.2. The van der Waals surface area contributed by atoms with Gasteiger partial charge in [-0.05, 0) is 42.8 Å². The Morgan fingerprint density at radius 3 is 2.52 bits per heavy atom. The lowest BCUT2D eigenvalue weighted by Crippen LogP contribution is -2.33. The number of hydrogen-bond donors (Lipinski definition) is 1. The van der Waals surface area contributed by atoms with Crippen molar-refractivity contribution in [3.05, 3.63) is 88.9 Å². The van der Waals surface area contributed by atoms with Gasteiger partial charge in [-0.25, -0.2) is 9.78 Å². The Morgan fingerprint density at radius 2 is 1.90 bits per heavy atom. The summed E-state index contributed by atoms with van der Waals surface area (Å²) < 4.78 is 41.3. The second kappa shape index (κ2) is 7.32. The average molecular weight is 424 g/mol. The first-order valence-electron chi connectivity index (χ1n) is 9.16. The molecule has 31 heavy (non-hydrogen) atoms. The van der Waals surface area contributed by atoms with Crippen LogP contribution in [0.1, 0.15) is 29.7 Å². The van der Waals surface area contributed by atoms with Crippen molar-refractivity contribution in [1.29, 1.82) is 5.26 Å². The van der Waals surface area contributed by atoms with E-state index in [1.807, 2.05) is 6.07 Å². The highest BCUT2D eigenvalue weighted by Crippen LogP contribution is 2.43. The number of alkyl halides is 3. The van der Waals surface area contributed by atoms with Gasteiger partial charge < -0.3 is 9.67 Å². The summed E-state index contributed by atoms with van der Waals surface area (Å²) in [6.07, 6.45) is -1.50. The fourth-order valence-electron chi connectivity index (χ4n) is 3.76. The number of nitrogens with zero attached hydrogens (tertiary/aromatic N) is 4. The van der Waals surface area contributed by atoms with Gasteiger partial charge in [-0.15, -0.1) is 0 Å². The molecule has 6 nitrogen and oxygen atoms in total. The van der Waals surface area contributed by atoms with Crippen LogP contribution in [0.5, 0.6) is 0 Å². The number of anilines is 2. The normalized spacial score (nSPS) is 16.1. The highest BCUT2D eigenvalue weighted by molar-refractivity contribution is 5.92. The molecule has 0 aliphatic carbocycles. The van der Waals surface area contributed by atoms with E-state index in [0.29, 0.717) is 11.1 Å². The maximum atomic E-state index is 13.2. The summed E-state index contributed by atoms with van der Waals surface area (Å²) in [5, 5.41) is 19.0. The van der Waals surface area contributed by atoms with Crippen molar-refractivity contribution >= 4 is 17.6 Å². The first kappa shape index (κ1) is 20.2.